The first-order valence-corrected chi connectivity index (χ1v) is 13.5. The fourth-order valence-corrected chi connectivity index (χ4v) is 6.08. The average Bonchev–Trinajstić information content (AvgIpc) is 3.06. The lowest BCUT2D eigenvalue weighted by Gasteiger charge is -2.39. The first kappa shape index (κ1) is 30.7. The van der Waals surface area contributed by atoms with E-state index in [4.69, 9.17) is 5.73 Å². The molecule has 3 rings (SSSR count). The molecule has 2 saturated carbocycles. The van der Waals surface area contributed by atoms with Crippen molar-refractivity contribution in [3.8, 4) is 0 Å². The number of carbonyl (C=O) groups excluding carboxylic acids is 5. The van der Waals surface area contributed by atoms with Gasteiger partial charge in [0.15, 0.2) is 0 Å². The lowest BCUT2D eigenvalue weighted by atomic mass is 9.77. The van der Waals surface area contributed by atoms with Gasteiger partial charge < -0.3 is 26.6 Å². The van der Waals surface area contributed by atoms with Crippen molar-refractivity contribution >= 4 is 29.5 Å². The standard InChI is InChI=1S/C27H43F2N5O5/c1-24(2,3)19(32-23(39)33-25(4,5)6)22(38)34-12-14-16(26(14,7)8)17(34)21(37)31-15(18(35)20(30)36)9-13-10-27(28,29)11-13/h13-17,19H,9-12H2,1-8H3,(H2,30,36)(H,31,37)(H2,32,33,39)/t14-,15?,16-,17?,19?/m0/s1. The normalized spacial score (nSPS) is 26.9. The average molecular weight is 556 g/mol. The number of likely N-dealkylation sites (tertiary alicyclic amines) is 1. The van der Waals surface area contributed by atoms with Gasteiger partial charge in [0.1, 0.15) is 12.1 Å². The van der Waals surface area contributed by atoms with Crippen LogP contribution in [0.2, 0.25) is 0 Å². The van der Waals surface area contributed by atoms with Crippen molar-refractivity contribution in [2.24, 2.45) is 34.3 Å². The van der Waals surface area contributed by atoms with Gasteiger partial charge in [0.2, 0.25) is 23.5 Å². The number of alkyl halides is 2. The summed E-state index contributed by atoms with van der Waals surface area (Å²) in [6.45, 7) is 15.1. The number of fused-ring (bicyclic) bond motifs is 1. The highest BCUT2D eigenvalue weighted by Gasteiger charge is 2.70. The smallest absolute Gasteiger partial charge is 0.315 e. The second kappa shape index (κ2) is 9.99. The minimum absolute atomic E-state index is 0.0248. The number of nitrogens with two attached hydrogens (primary N) is 1. The first-order chi connectivity index (χ1) is 17.5. The van der Waals surface area contributed by atoms with Crippen LogP contribution in [0.1, 0.15) is 74.7 Å². The second-order valence-corrected chi connectivity index (χ2v) is 14.2. The summed E-state index contributed by atoms with van der Waals surface area (Å²) < 4.78 is 26.8. The zero-order valence-corrected chi connectivity index (χ0v) is 24.1. The SMILES string of the molecule is CC(C)(C)NC(=O)NC(C(=O)N1C[C@H]2[C@@H](C1C(=O)NC(CC1CC(F)(F)C1)C(=O)C(N)=O)C2(C)C)C(C)(C)C. The molecule has 1 saturated heterocycles. The lowest BCUT2D eigenvalue weighted by Crippen LogP contribution is -2.62. The van der Waals surface area contributed by atoms with Crippen LogP contribution in [0.15, 0.2) is 0 Å². The number of Topliss-reactive ketones (excluding diaryl/α,β-unsaturated/α-hetero) is 1. The summed E-state index contributed by atoms with van der Waals surface area (Å²) in [5.74, 6) is -6.96. The molecule has 3 aliphatic rings. The molecule has 0 aromatic rings. The molecule has 0 aromatic heterocycles. The molecule has 2 aliphatic carbocycles. The van der Waals surface area contributed by atoms with Crippen LogP contribution in [-0.2, 0) is 19.2 Å². The van der Waals surface area contributed by atoms with Gasteiger partial charge in [-0.25, -0.2) is 13.6 Å². The quantitative estimate of drug-likeness (QED) is 0.338. The number of piperidine rings is 1. The molecule has 0 radical (unpaired) electrons. The van der Waals surface area contributed by atoms with E-state index in [0.717, 1.165) is 0 Å². The Balaban J connectivity index is 1.83. The van der Waals surface area contributed by atoms with Crippen molar-refractivity contribution in [2.45, 2.75) is 104 Å². The highest BCUT2D eigenvalue weighted by molar-refractivity contribution is 6.37. The molecule has 5 atom stereocenters. The Hall–Kier alpha value is -2.79. The number of nitrogens with zero attached hydrogens (tertiary/aromatic N) is 1. The monoisotopic (exact) mass is 555 g/mol. The molecule has 0 spiro atoms. The number of hydrogen-bond donors (Lipinski definition) is 4. The Labute approximate surface area is 228 Å². The molecule has 0 aromatic carbocycles. The number of carbonyl (C=O) groups is 5. The van der Waals surface area contributed by atoms with Crippen LogP contribution in [0, 0.1) is 28.6 Å². The summed E-state index contributed by atoms with van der Waals surface area (Å²) in [7, 11) is 0. The van der Waals surface area contributed by atoms with Crippen LogP contribution < -0.4 is 21.7 Å². The molecular weight excluding hydrogens is 512 g/mol. The maximum Gasteiger partial charge on any atom is 0.315 e. The predicted molar refractivity (Wildman–Crippen MR) is 139 cm³/mol. The highest BCUT2D eigenvalue weighted by Crippen LogP contribution is 2.65. The molecule has 5 amide bonds. The fourth-order valence-electron chi connectivity index (χ4n) is 6.08. The number of amides is 5. The van der Waals surface area contributed by atoms with Crippen molar-refractivity contribution < 1.29 is 32.8 Å². The summed E-state index contributed by atoms with van der Waals surface area (Å²) in [5, 5.41) is 8.11. The van der Waals surface area contributed by atoms with Gasteiger partial charge in [-0.3, -0.25) is 19.2 Å². The zero-order chi connectivity index (χ0) is 29.9. The van der Waals surface area contributed by atoms with E-state index in [1.807, 2.05) is 34.6 Å². The topological polar surface area (TPSA) is 151 Å². The molecule has 1 aliphatic heterocycles. The summed E-state index contributed by atoms with van der Waals surface area (Å²) in [6.07, 6.45) is -1.01. The van der Waals surface area contributed by atoms with Crippen molar-refractivity contribution in [2.75, 3.05) is 6.54 Å². The van der Waals surface area contributed by atoms with E-state index in [2.05, 4.69) is 16.0 Å². The van der Waals surface area contributed by atoms with Gasteiger partial charge in [-0.15, -0.1) is 0 Å². The van der Waals surface area contributed by atoms with E-state index in [9.17, 15) is 32.8 Å². The van der Waals surface area contributed by atoms with Crippen molar-refractivity contribution in [1.29, 1.82) is 0 Å². The van der Waals surface area contributed by atoms with E-state index in [0.29, 0.717) is 0 Å². The third kappa shape index (κ3) is 6.69. The minimum atomic E-state index is -2.83. The molecule has 1 heterocycles. The molecular formula is C27H43F2N5O5. The Morgan fingerprint density at radius 3 is 2.03 bits per heavy atom. The summed E-state index contributed by atoms with van der Waals surface area (Å²) in [5.41, 5.74) is 3.71. The molecule has 39 heavy (non-hydrogen) atoms. The number of primary amides is 1. The highest BCUT2D eigenvalue weighted by atomic mass is 19.3. The van der Waals surface area contributed by atoms with Crippen molar-refractivity contribution in [3.05, 3.63) is 0 Å². The van der Waals surface area contributed by atoms with E-state index in [1.54, 1.807) is 20.8 Å². The predicted octanol–water partition coefficient (Wildman–Crippen LogP) is 1.96. The summed E-state index contributed by atoms with van der Waals surface area (Å²) >= 11 is 0. The third-order valence-electron chi connectivity index (χ3n) is 8.26. The maximum absolute atomic E-state index is 13.9. The zero-order valence-electron chi connectivity index (χ0n) is 24.1. The van der Waals surface area contributed by atoms with Gasteiger partial charge in [0, 0.05) is 24.9 Å². The van der Waals surface area contributed by atoms with Crippen molar-refractivity contribution in [1.82, 2.24) is 20.9 Å². The Morgan fingerprint density at radius 2 is 1.56 bits per heavy atom. The molecule has 3 fully saturated rings. The fraction of sp³-hybridized carbons (Fsp3) is 0.815. The number of ketones is 1. The number of rotatable bonds is 8. The van der Waals surface area contributed by atoms with E-state index in [-0.39, 0.29) is 30.2 Å². The van der Waals surface area contributed by atoms with E-state index < -0.39 is 83.3 Å². The van der Waals surface area contributed by atoms with Crippen LogP contribution in [-0.4, -0.2) is 70.6 Å². The molecule has 12 heteroatoms. The van der Waals surface area contributed by atoms with E-state index in [1.165, 1.54) is 4.90 Å². The lowest BCUT2D eigenvalue weighted by molar-refractivity contribution is -0.146. The van der Waals surface area contributed by atoms with Gasteiger partial charge in [-0.05, 0) is 55.8 Å². The Morgan fingerprint density at radius 1 is 1.00 bits per heavy atom. The molecule has 220 valence electrons. The molecule has 5 N–H and O–H groups in total. The van der Waals surface area contributed by atoms with Gasteiger partial charge in [0.25, 0.3) is 5.91 Å². The number of hydrogen-bond acceptors (Lipinski definition) is 5. The van der Waals surface area contributed by atoms with Crippen LogP contribution in [0.4, 0.5) is 13.6 Å². The van der Waals surface area contributed by atoms with Gasteiger partial charge in [-0.2, -0.15) is 0 Å². The number of urea groups is 1. The molecule has 10 nitrogen and oxygen atoms in total. The van der Waals surface area contributed by atoms with Crippen LogP contribution in [0.5, 0.6) is 0 Å². The second-order valence-electron chi connectivity index (χ2n) is 14.2. The summed E-state index contributed by atoms with van der Waals surface area (Å²) in [4.78, 5) is 65.9. The van der Waals surface area contributed by atoms with Crippen LogP contribution in [0.3, 0.4) is 0 Å². The van der Waals surface area contributed by atoms with Gasteiger partial charge >= 0.3 is 6.03 Å². The maximum atomic E-state index is 13.9. The van der Waals surface area contributed by atoms with E-state index >= 15 is 0 Å². The van der Waals surface area contributed by atoms with Crippen molar-refractivity contribution in [3.63, 3.8) is 0 Å². The molecule has 3 unspecified atom stereocenters. The molecule has 0 bridgehead atoms. The Bertz CT molecular complexity index is 1040. The van der Waals surface area contributed by atoms with Gasteiger partial charge in [-0.1, -0.05) is 34.6 Å². The number of halogens is 2. The summed E-state index contributed by atoms with van der Waals surface area (Å²) in [6, 6.07) is -3.80. The minimum Gasteiger partial charge on any atom is -0.363 e. The van der Waals surface area contributed by atoms with Gasteiger partial charge in [0.05, 0.1) is 6.04 Å². The first-order valence-electron chi connectivity index (χ1n) is 13.5. The third-order valence-corrected chi connectivity index (χ3v) is 8.26. The number of nitrogens with one attached hydrogen (secondary N) is 3. The Kier molecular flexibility index (Phi) is 7.88. The largest absolute Gasteiger partial charge is 0.363 e. The van der Waals surface area contributed by atoms with Crippen LogP contribution >= 0.6 is 0 Å². The van der Waals surface area contributed by atoms with Crippen LogP contribution in [0.25, 0.3) is 0 Å².